The van der Waals surface area contributed by atoms with Gasteiger partial charge in [0, 0.05) is 6.04 Å². The molecule has 2 atom stereocenters. The zero-order valence-corrected chi connectivity index (χ0v) is 13.0. The van der Waals surface area contributed by atoms with Gasteiger partial charge in [-0.1, -0.05) is 56.5 Å². The van der Waals surface area contributed by atoms with E-state index in [4.69, 9.17) is 23.2 Å². The lowest BCUT2D eigenvalue weighted by atomic mass is 9.91. The van der Waals surface area contributed by atoms with Crippen molar-refractivity contribution in [2.24, 2.45) is 5.92 Å². The maximum absolute atomic E-state index is 6.11. The van der Waals surface area contributed by atoms with Crippen LogP contribution in [-0.2, 0) is 0 Å². The second-order valence-corrected chi connectivity index (χ2v) is 5.69. The van der Waals surface area contributed by atoms with Gasteiger partial charge >= 0.3 is 0 Å². The zero-order chi connectivity index (χ0) is 13.5. The lowest BCUT2D eigenvalue weighted by Crippen LogP contribution is -2.27. The fourth-order valence-corrected chi connectivity index (χ4v) is 2.58. The zero-order valence-electron chi connectivity index (χ0n) is 11.5. The molecule has 102 valence electrons. The summed E-state index contributed by atoms with van der Waals surface area (Å²) in [7, 11) is 0. The first kappa shape index (κ1) is 15.8. The minimum atomic E-state index is 0.361. The van der Waals surface area contributed by atoms with E-state index in [2.05, 4.69) is 32.2 Å². The third kappa shape index (κ3) is 4.46. The Labute approximate surface area is 121 Å². The van der Waals surface area contributed by atoms with E-state index in [0.29, 0.717) is 22.0 Å². The first-order chi connectivity index (χ1) is 8.60. The van der Waals surface area contributed by atoms with Crippen molar-refractivity contribution >= 4 is 23.2 Å². The van der Waals surface area contributed by atoms with Gasteiger partial charge in [0.1, 0.15) is 0 Å². The van der Waals surface area contributed by atoms with Crippen LogP contribution in [0.4, 0.5) is 0 Å². The summed E-state index contributed by atoms with van der Waals surface area (Å²) in [5.74, 6) is 0.596. The Balaban J connectivity index is 2.89. The molecule has 1 N–H and O–H groups in total. The Morgan fingerprint density at radius 1 is 1.11 bits per heavy atom. The van der Waals surface area contributed by atoms with Crippen LogP contribution < -0.4 is 5.32 Å². The normalized spacial score (nSPS) is 14.5. The molecule has 1 aromatic carbocycles. The predicted molar refractivity (Wildman–Crippen MR) is 81.6 cm³/mol. The van der Waals surface area contributed by atoms with Gasteiger partial charge in [0.25, 0.3) is 0 Å². The molecule has 0 aliphatic carbocycles. The fraction of sp³-hybridized carbons (Fsp3) is 0.600. The van der Waals surface area contributed by atoms with E-state index >= 15 is 0 Å². The van der Waals surface area contributed by atoms with E-state index in [0.717, 1.165) is 13.0 Å². The highest BCUT2D eigenvalue weighted by Crippen LogP contribution is 2.30. The highest BCUT2D eigenvalue weighted by atomic mass is 35.5. The Hall–Kier alpha value is -0.240. The topological polar surface area (TPSA) is 12.0 Å². The molecule has 0 aromatic heterocycles. The van der Waals surface area contributed by atoms with Crippen molar-refractivity contribution in [3.63, 3.8) is 0 Å². The largest absolute Gasteiger partial charge is 0.310 e. The molecule has 3 heteroatoms. The summed E-state index contributed by atoms with van der Waals surface area (Å²) in [6.45, 7) is 7.73. The van der Waals surface area contributed by atoms with Gasteiger partial charge in [0.2, 0.25) is 0 Å². The molecule has 0 aliphatic heterocycles. The van der Waals surface area contributed by atoms with Gasteiger partial charge in [-0.15, -0.1) is 0 Å². The third-order valence-corrected chi connectivity index (χ3v) is 3.97. The molecule has 1 rings (SSSR count). The van der Waals surface area contributed by atoms with Crippen LogP contribution in [0, 0.1) is 5.92 Å². The van der Waals surface area contributed by atoms with E-state index in [9.17, 15) is 0 Å². The van der Waals surface area contributed by atoms with E-state index in [1.54, 1.807) is 0 Å². The van der Waals surface area contributed by atoms with Gasteiger partial charge in [-0.25, -0.2) is 0 Å². The number of hydrogen-bond donors (Lipinski definition) is 1. The second kappa shape index (κ2) is 8.04. The Morgan fingerprint density at radius 2 is 1.83 bits per heavy atom. The van der Waals surface area contributed by atoms with E-state index in [1.165, 1.54) is 18.4 Å². The summed E-state index contributed by atoms with van der Waals surface area (Å²) in [6, 6.07) is 6.31. The molecule has 1 nitrogen and oxygen atoms in total. The number of rotatable bonds is 7. The molecule has 18 heavy (non-hydrogen) atoms. The van der Waals surface area contributed by atoms with Gasteiger partial charge in [0.05, 0.1) is 10.0 Å². The monoisotopic (exact) mass is 287 g/mol. The molecule has 1 aromatic rings. The summed E-state index contributed by atoms with van der Waals surface area (Å²) in [5, 5.41) is 4.88. The van der Waals surface area contributed by atoms with E-state index in [1.807, 2.05) is 12.1 Å². The average molecular weight is 288 g/mol. The van der Waals surface area contributed by atoms with Crippen molar-refractivity contribution in [2.75, 3.05) is 6.54 Å². The van der Waals surface area contributed by atoms with Crippen LogP contribution in [0.3, 0.4) is 0 Å². The minimum absolute atomic E-state index is 0.361. The molecular formula is C15H23Cl2N. The van der Waals surface area contributed by atoms with Crippen LogP contribution in [0.2, 0.25) is 10.0 Å². The van der Waals surface area contributed by atoms with Crippen molar-refractivity contribution in [2.45, 2.75) is 46.1 Å². The maximum Gasteiger partial charge on any atom is 0.0595 e. The van der Waals surface area contributed by atoms with Gasteiger partial charge in [-0.2, -0.15) is 0 Å². The standard InChI is InChI=1S/C15H23Cl2N/c1-4-6-11(3)15(18-9-5-2)12-7-8-13(16)14(17)10-12/h7-8,10-11,15,18H,4-6,9H2,1-3H3. The molecule has 0 aliphatic rings. The van der Waals surface area contributed by atoms with Crippen molar-refractivity contribution in [3.05, 3.63) is 33.8 Å². The van der Waals surface area contributed by atoms with Crippen molar-refractivity contribution in [3.8, 4) is 0 Å². The lowest BCUT2D eigenvalue weighted by Gasteiger charge is -2.26. The fourth-order valence-electron chi connectivity index (χ4n) is 2.28. The van der Waals surface area contributed by atoms with Crippen LogP contribution in [0.5, 0.6) is 0 Å². The summed E-state index contributed by atoms with van der Waals surface area (Å²) in [5.41, 5.74) is 1.24. The van der Waals surface area contributed by atoms with Crippen molar-refractivity contribution in [1.29, 1.82) is 0 Å². The number of benzene rings is 1. The number of halogens is 2. The highest BCUT2D eigenvalue weighted by Gasteiger charge is 2.18. The van der Waals surface area contributed by atoms with Crippen LogP contribution in [0.1, 0.15) is 51.6 Å². The molecular weight excluding hydrogens is 265 g/mol. The molecule has 0 heterocycles. The molecule has 0 radical (unpaired) electrons. The summed E-state index contributed by atoms with van der Waals surface area (Å²) in [4.78, 5) is 0. The number of hydrogen-bond acceptors (Lipinski definition) is 1. The maximum atomic E-state index is 6.11. The molecule has 0 spiro atoms. The first-order valence-corrected chi connectivity index (χ1v) is 7.54. The summed E-state index contributed by atoms with van der Waals surface area (Å²) >= 11 is 12.1. The van der Waals surface area contributed by atoms with Gasteiger partial charge in [-0.3, -0.25) is 0 Å². The van der Waals surface area contributed by atoms with E-state index < -0.39 is 0 Å². The Morgan fingerprint density at radius 3 is 2.39 bits per heavy atom. The van der Waals surface area contributed by atoms with Crippen LogP contribution in [0.25, 0.3) is 0 Å². The van der Waals surface area contributed by atoms with E-state index in [-0.39, 0.29) is 0 Å². The van der Waals surface area contributed by atoms with Crippen LogP contribution >= 0.6 is 23.2 Å². The smallest absolute Gasteiger partial charge is 0.0595 e. The summed E-state index contributed by atoms with van der Waals surface area (Å²) < 4.78 is 0. The van der Waals surface area contributed by atoms with Gasteiger partial charge < -0.3 is 5.32 Å². The second-order valence-electron chi connectivity index (χ2n) is 4.87. The van der Waals surface area contributed by atoms with Crippen molar-refractivity contribution < 1.29 is 0 Å². The minimum Gasteiger partial charge on any atom is -0.310 e. The number of nitrogens with one attached hydrogen (secondary N) is 1. The van der Waals surface area contributed by atoms with Gasteiger partial charge in [0.15, 0.2) is 0 Å². The Bertz CT molecular complexity index is 366. The van der Waals surface area contributed by atoms with Crippen LogP contribution in [-0.4, -0.2) is 6.54 Å². The molecule has 0 bridgehead atoms. The quantitative estimate of drug-likeness (QED) is 0.701. The molecule has 0 amide bonds. The van der Waals surface area contributed by atoms with Crippen molar-refractivity contribution in [1.82, 2.24) is 5.32 Å². The molecule has 0 saturated carbocycles. The molecule has 0 fully saturated rings. The third-order valence-electron chi connectivity index (χ3n) is 3.23. The SMILES string of the molecule is CCCNC(c1ccc(Cl)c(Cl)c1)C(C)CCC. The first-order valence-electron chi connectivity index (χ1n) is 6.78. The molecule has 2 unspecified atom stereocenters. The summed E-state index contributed by atoms with van der Waals surface area (Å²) in [6.07, 6.45) is 3.55. The highest BCUT2D eigenvalue weighted by molar-refractivity contribution is 6.42. The average Bonchev–Trinajstić information content (AvgIpc) is 2.34. The Kier molecular flexibility index (Phi) is 7.06. The molecule has 0 saturated heterocycles. The predicted octanol–water partition coefficient (Wildman–Crippen LogP) is 5.47. The van der Waals surface area contributed by atoms with Crippen LogP contribution in [0.15, 0.2) is 18.2 Å². The lowest BCUT2D eigenvalue weighted by molar-refractivity contribution is 0.363. The van der Waals surface area contributed by atoms with Gasteiger partial charge in [-0.05, 0) is 43.0 Å².